The van der Waals surface area contributed by atoms with Crippen molar-refractivity contribution < 1.29 is 9.53 Å². The molecule has 2 aliphatic heterocycles. The minimum atomic E-state index is 0.154. The summed E-state index contributed by atoms with van der Waals surface area (Å²) in [5.41, 5.74) is 4.85. The lowest BCUT2D eigenvalue weighted by atomic mass is 9.68. The van der Waals surface area contributed by atoms with Gasteiger partial charge in [0.15, 0.2) is 0 Å². The molecule has 0 aromatic heterocycles. The maximum absolute atomic E-state index is 13.1. The highest BCUT2D eigenvalue weighted by Gasteiger charge is 2.53. The third-order valence-electron chi connectivity index (χ3n) is 7.79. The van der Waals surface area contributed by atoms with Gasteiger partial charge in [-0.05, 0) is 72.3 Å². The Bertz CT molecular complexity index is 922. The quantitative estimate of drug-likeness (QED) is 0.826. The number of carbonyl (C=O) groups excluding carboxylic acids is 1. The van der Waals surface area contributed by atoms with Crippen LogP contribution in [0.5, 0.6) is 0 Å². The van der Waals surface area contributed by atoms with Gasteiger partial charge in [-0.2, -0.15) is 0 Å². The highest BCUT2D eigenvalue weighted by Crippen LogP contribution is 2.63. The van der Waals surface area contributed by atoms with Gasteiger partial charge in [-0.25, -0.2) is 0 Å². The monoisotopic (exact) mass is 388 g/mol. The first-order valence-electron chi connectivity index (χ1n) is 11.1. The second-order valence-corrected chi connectivity index (χ2v) is 9.18. The van der Waals surface area contributed by atoms with Crippen molar-refractivity contribution in [1.29, 1.82) is 0 Å². The van der Waals surface area contributed by atoms with Crippen molar-refractivity contribution in [2.45, 2.75) is 31.2 Å². The molecule has 2 heterocycles. The van der Waals surface area contributed by atoms with Crippen LogP contribution >= 0.6 is 0 Å². The summed E-state index contributed by atoms with van der Waals surface area (Å²) >= 11 is 0. The van der Waals surface area contributed by atoms with Crippen molar-refractivity contribution >= 4 is 11.6 Å². The molecule has 2 saturated carbocycles. The van der Waals surface area contributed by atoms with Crippen molar-refractivity contribution in [3.63, 3.8) is 0 Å². The molecule has 1 saturated heterocycles. The Hall–Kier alpha value is -2.33. The smallest absolute Gasteiger partial charge is 0.254 e. The number of ether oxygens (including phenoxy) is 1. The number of hydrogen-bond acceptors (Lipinski definition) is 3. The van der Waals surface area contributed by atoms with E-state index in [2.05, 4.69) is 47.8 Å². The molecule has 150 valence electrons. The predicted octanol–water partition coefficient (Wildman–Crippen LogP) is 4.46. The Balaban J connectivity index is 1.38. The maximum atomic E-state index is 13.1. The first-order chi connectivity index (χ1) is 14.3. The molecule has 0 unspecified atom stereocenters. The van der Waals surface area contributed by atoms with Crippen molar-refractivity contribution in [1.82, 2.24) is 4.90 Å². The predicted molar refractivity (Wildman–Crippen MR) is 113 cm³/mol. The first-order valence-corrected chi connectivity index (χ1v) is 11.1. The molecule has 6 rings (SSSR count). The van der Waals surface area contributed by atoms with E-state index in [0.717, 1.165) is 17.4 Å². The van der Waals surface area contributed by atoms with Crippen LogP contribution < -0.4 is 5.32 Å². The molecule has 2 bridgehead atoms. The molecule has 29 heavy (non-hydrogen) atoms. The van der Waals surface area contributed by atoms with E-state index in [4.69, 9.17) is 4.74 Å². The molecule has 1 N–H and O–H groups in total. The van der Waals surface area contributed by atoms with Gasteiger partial charge in [-0.3, -0.25) is 4.79 Å². The highest BCUT2D eigenvalue weighted by molar-refractivity contribution is 5.95. The van der Waals surface area contributed by atoms with E-state index in [-0.39, 0.29) is 5.91 Å². The van der Waals surface area contributed by atoms with Crippen LogP contribution in [0.4, 0.5) is 5.69 Å². The van der Waals surface area contributed by atoms with Gasteiger partial charge in [0, 0.05) is 24.3 Å². The Morgan fingerprint density at radius 1 is 1.00 bits per heavy atom. The average molecular weight is 389 g/mol. The van der Waals surface area contributed by atoms with Crippen LogP contribution in [0, 0.1) is 17.8 Å². The van der Waals surface area contributed by atoms with E-state index < -0.39 is 0 Å². The van der Waals surface area contributed by atoms with Crippen LogP contribution in [0.15, 0.2) is 48.5 Å². The summed E-state index contributed by atoms with van der Waals surface area (Å²) < 4.78 is 5.42. The maximum Gasteiger partial charge on any atom is 0.254 e. The summed E-state index contributed by atoms with van der Waals surface area (Å²) in [4.78, 5) is 15.0. The minimum Gasteiger partial charge on any atom is -0.378 e. The molecule has 0 spiro atoms. The fraction of sp³-hybridized carbons (Fsp3) is 0.480. The highest BCUT2D eigenvalue weighted by atomic mass is 16.5. The van der Waals surface area contributed by atoms with Crippen LogP contribution in [0.25, 0.3) is 0 Å². The molecule has 2 aromatic carbocycles. The van der Waals surface area contributed by atoms with Crippen LogP contribution in [0.1, 0.15) is 52.7 Å². The van der Waals surface area contributed by atoms with Crippen LogP contribution in [-0.2, 0) is 4.74 Å². The van der Waals surface area contributed by atoms with Gasteiger partial charge >= 0.3 is 0 Å². The summed E-state index contributed by atoms with van der Waals surface area (Å²) in [7, 11) is 0. The lowest BCUT2D eigenvalue weighted by molar-refractivity contribution is 0.0303. The SMILES string of the molecule is O=C(c1ccc2c(c1)[C@H]1[C@H]3CC[C@@H](C3)[C@@H]1[C@H](c1ccccc1)N2)N1CCOCC1. The molecular weight excluding hydrogens is 360 g/mol. The van der Waals surface area contributed by atoms with Crippen LogP contribution in [0.3, 0.4) is 0 Å². The summed E-state index contributed by atoms with van der Waals surface area (Å²) in [5.74, 6) is 2.94. The third-order valence-corrected chi connectivity index (χ3v) is 7.79. The van der Waals surface area contributed by atoms with Gasteiger partial charge in [0.1, 0.15) is 0 Å². The molecule has 4 aliphatic rings. The van der Waals surface area contributed by atoms with Gasteiger partial charge in [-0.1, -0.05) is 30.3 Å². The number of rotatable bonds is 2. The summed E-state index contributed by atoms with van der Waals surface area (Å²) in [6.07, 6.45) is 4.05. The molecule has 3 fully saturated rings. The number of nitrogens with zero attached hydrogens (tertiary/aromatic N) is 1. The molecule has 4 heteroatoms. The largest absolute Gasteiger partial charge is 0.378 e. The number of hydrogen-bond donors (Lipinski definition) is 1. The topological polar surface area (TPSA) is 41.6 Å². The zero-order chi connectivity index (χ0) is 19.4. The summed E-state index contributed by atoms with van der Waals surface area (Å²) in [6, 6.07) is 17.7. The van der Waals surface area contributed by atoms with E-state index in [9.17, 15) is 4.79 Å². The van der Waals surface area contributed by atoms with Crippen molar-refractivity contribution in [2.75, 3.05) is 31.6 Å². The van der Waals surface area contributed by atoms with Gasteiger partial charge in [0.05, 0.1) is 19.3 Å². The molecular formula is C25H28N2O2. The summed E-state index contributed by atoms with van der Waals surface area (Å²) in [6.45, 7) is 2.68. The number of amides is 1. The fourth-order valence-electron chi connectivity index (χ4n) is 6.56. The number of nitrogens with one attached hydrogen (secondary N) is 1. The van der Waals surface area contributed by atoms with E-state index in [1.807, 2.05) is 11.0 Å². The molecule has 5 atom stereocenters. The van der Waals surface area contributed by atoms with Crippen molar-refractivity contribution in [3.05, 3.63) is 65.2 Å². The van der Waals surface area contributed by atoms with Gasteiger partial charge in [0.25, 0.3) is 5.91 Å². The van der Waals surface area contributed by atoms with Crippen molar-refractivity contribution in [3.8, 4) is 0 Å². The van der Waals surface area contributed by atoms with Gasteiger partial charge in [0.2, 0.25) is 0 Å². The molecule has 2 aromatic rings. The Morgan fingerprint density at radius 3 is 2.62 bits per heavy atom. The number of morpholine rings is 1. The molecule has 2 aliphatic carbocycles. The normalized spacial score (nSPS) is 32.4. The molecule has 4 nitrogen and oxygen atoms in total. The van der Waals surface area contributed by atoms with E-state index in [1.165, 1.54) is 36.1 Å². The first kappa shape index (κ1) is 17.5. The Kier molecular flexibility index (Phi) is 4.15. The lowest BCUT2D eigenvalue weighted by Gasteiger charge is -2.43. The average Bonchev–Trinajstić information content (AvgIpc) is 3.42. The second-order valence-electron chi connectivity index (χ2n) is 9.18. The zero-order valence-electron chi connectivity index (χ0n) is 16.7. The van der Waals surface area contributed by atoms with Crippen LogP contribution in [-0.4, -0.2) is 37.1 Å². The third kappa shape index (κ3) is 2.80. The molecule has 1 amide bonds. The number of anilines is 1. The van der Waals surface area contributed by atoms with E-state index in [1.54, 1.807) is 0 Å². The van der Waals surface area contributed by atoms with E-state index in [0.29, 0.717) is 44.2 Å². The molecule has 0 radical (unpaired) electrons. The van der Waals surface area contributed by atoms with E-state index >= 15 is 0 Å². The number of fused-ring (bicyclic) bond motifs is 7. The fourth-order valence-corrected chi connectivity index (χ4v) is 6.56. The van der Waals surface area contributed by atoms with Crippen molar-refractivity contribution in [2.24, 2.45) is 17.8 Å². The summed E-state index contributed by atoms with van der Waals surface area (Å²) in [5, 5.41) is 3.87. The standard InChI is InChI=1S/C25H28N2O2/c28-25(27-10-12-29-13-11-27)19-8-9-21-20(15-19)22-17-6-7-18(14-17)23(22)24(26-21)16-4-2-1-3-5-16/h1-5,8-9,15,17-18,22-24,26H,6-7,10-14H2/t17-,18-,22+,23-,24-/m0/s1. The van der Waals surface area contributed by atoms with Gasteiger partial charge in [-0.15, -0.1) is 0 Å². The van der Waals surface area contributed by atoms with Crippen LogP contribution in [0.2, 0.25) is 0 Å². The Morgan fingerprint density at radius 2 is 1.79 bits per heavy atom. The lowest BCUT2D eigenvalue weighted by Crippen LogP contribution is -2.41. The second kappa shape index (κ2) is 6.88. The number of benzene rings is 2. The Labute approximate surface area is 172 Å². The zero-order valence-corrected chi connectivity index (χ0v) is 16.7. The number of carbonyl (C=O) groups is 1. The minimum absolute atomic E-state index is 0.154. The van der Waals surface area contributed by atoms with Gasteiger partial charge < -0.3 is 15.0 Å².